The summed E-state index contributed by atoms with van der Waals surface area (Å²) >= 11 is 0. The zero-order valence-electron chi connectivity index (χ0n) is 15.1. The third-order valence-corrected chi connectivity index (χ3v) is 6.20. The number of carbonyl (C=O) groups excluding carboxylic acids is 1. The molecule has 3 heterocycles. The van der Waals surface area contributed by atoms with Crippen LogP contribution in [0.3, 0.4) is 0 Å². The van der Waals surface area contributed by atoms with Crippen molar-refractivity contribution >= 4 is 16.1 Å². The number of ether oxygens (including phenoxy) is 2. The highest BCUT2D eigenvalue weighted by atomic mass is 32.2. The largest absolute Gasteiger partial charge is 0.480 e. The lowest BCUT2D eigenvalue weighted by Crippen LogP contribution is -2.73. The fourth-order valence-corrected chi connectivity index (χ4v) is 4.97. The van der Waals surface area contributed by atoms with Gasteiger partial charge in [-0.25, -0.2) is 13.2 Å². The summed E-state index contributed by atoms with van der Waals surface area (Å²) in [5, 5.41) is 4.09. The molecule has 0 saturated carbocycles. The Morgan fingerprint density at radius 2 is 1.84 bits per heavy atom. The quantitative estimate of drug-likeness (QED) is 0.774. The first-order valence-corrected chi connectivity index (χ1v) is 9.46. The molecule has 0 aromatic carbocycles. The predicted molar refractivity (Wildman–Crippen MR) is 88.8 cm³/mol. The molecule has 10 heteroatoms. The fourth-order valence-electron chi connectivity index (χ4n) is 3.19. The molecule has 0 N–H and O–H groups in total. The average molecular weight is 372 g/mol. The van der Waals surface area contributed by atoms with Crippen LogP contribution in [0.15, 0.2) is 11.1 Å². The summed E-state index contributed by atoms with van der Waals surface area (Å²) in [7, 11) is -0.607. The van der Waals surface area contributed by atoms with Crippen molar-refractivity contribution in [2.24, 2.45) is 12.5 Å². The van der Waals surface area contributed by atoms with Gasteiger partial charge >= 0.3 is 6.09 Å². The van der Waals surface area contributed by atoms with Crippen LogP contribution < -0.4 is 4.74 Å². The normalized spacial score (nSPS) is 20.1. The van der Waals surface area contributed by atoms with Gasteiger partial charge in [0.15, 0.2) is 5.03 Å². The molecule has 1 amide bonds. The molecule has 25 heavy (non-hydrogen) atoms. The number of aryl methyl sites for hydroxylation is 1. The van der Waals surface area contributed by atoms with Crippen LogP contribution in [0.2, 0.25) is 0 Å². The van der Waals surface area contributed by atoms with Crippen molar-refractivity contribution in [2.75, 3.05) is 33.3 Å². The Labute approximate surface area is 147 Å². The van der Waals surface area contributed by atoms with E-state index >= 15 is 0 Å². The maximum absolute atomic E-state index is 12.7. The lowest BCUT2D eigenvalue weighted by atomic mass is 9.75. The molecule has 1 aromatic heterocycles. The molecule has 0 radical (unpaired) electrons. The number of nitrogens with zero attached hydrogens (tertiary/aromatic N) is 4. The van der Waals surface area contributed by atoms with Crippen molar-refractivity contribution in [3.05, 3.63) is 6.07 Å². The average Bonchev–Trinajstić information content (AvgIpc) is 2.75. The van der Waals surface area contributed by atoms with Crippen LogP contribution in [0, 0.1) is 5.41 Å². The van der Waals surface area contributed by atoms with Gasteiger partial charge in [-0.1, -0.05) is 0 Å². The van der Waals surface area contributed by atoms with E-state index in [0.717, 1.165) is 0 Å². The van der Waals surface area contributed by atoms with Crippen molar-refractivity contribution in [2.45, 2.75) is 31.4 Å². The molecule has 2 saturated heterocycles. The maximum Gasteiger partial charge on any atom is 0.410 e. The van der Waals surface area contributed by atoms with E-state index in [1.807, 2.05) is 20.8 Å². The summed E-state index contributed by atoms with van der Waals surface area (Å²) in [5.74, 6) is 0.260. The number of amides is 1. The summed E-state index contributed by atoms with van der Waals surface area (Å²) < 4.78 is 38.4. The number of carbonyl (C=O) groups is 1. The second-order valence-electron chi connectivity index (χ2n) is 7.76. The Kier molecular flexibility index (Phi) is 4.03. The lowest BCUT2D eigenvalue weighted by molar-refractivity contribution is -0.0840. The molecule has 0 unspecified atom stereocenters. The summed E-state index contributed by atoms with van der Waals surface area (Å²) in [4.78, 5) is 13.6. The second kappa shape index (κ2) is 5.60. The molecule has 3 rings (SSSR count). The smallest absolute Gasteiger partial charge is 0.410 e. The van der Waals surface area contributed by atoms with E-state index in [1.165, 1.54) is 22.2 Å². The van der Waals surface area contributed by atoms with Crippen molar-refractivity contribution in [1.29, 1.82) is 0 Å². The van der Waals surface area contributed by atoms with Gasteiger partial charge in [-0.2, -0.15) is 4.31 Å². The van der Waals surface area contributed by atoms with Crippen LogP contribution >= 0.6 is 0 Å². The molecule has 0 atom stereocenters. The highest BCUT2D eigenvalue weighted by Gasteiger charge is 2.57. The van der Waals surface area contributed by atoms with E-state index in [-0.39, 0.29) is 22.4 Å². The monoisotopic (exact) mass is 372 g/mol. The van der Waals surface area contributed by atoms with Gasteiger partial charge in [-0.05, 0) is 20.8 Å². The summed E-state index contributed by atoms with van der Waals surface area (Å²) in [6, 6.07) is 1.41. The van der Waals surface area contributed by atoms with Crippen LogP contribution in [-0.2, 0) is 21.8 Å². The maximum atomic E-state index is 12.7. The molecule has 140 valence electrons. The van der Waals surface area contributed by atoms with Crippen molar-refractivity contribution < 1.29 is 22.7 Å². The van der Waals surface area contributed by atoms with Gasteiger partial charge in [0.1, 0.15) is 5.60 Å². The van der Waals surface area contributed by atoms with Crippen molar-refractivity contribution in [1.82, 2.24) is 19.0 Å². The Balaban J connectivity index is 1.60. The van der Waals surface area contributed by atoms with Gasteiger partial charge in [0.25, 0.3) is 10.0 Å². The first kappa shape index (κ1) is 18.0. The minimum atomic E-state index is -3.62. The molecule has 9 nitrogen and oxygen atoms in total. The van der Waals surface area contributed by atoms with Crippen LogP contribution in [-0.4, -0.2) is 72.4 Å². The summed E-state index contributed by atoms with van der Waals surface area (Å²) in [6.45, 7) is 7.27. The van der Waals surface area contributed by atoms with E-state index in [2.05, 4.69) is 5.10 Å². The van der Waals surface area contributed by atoms with Crippen LogP contribution in [0.25, 0.3) is 0 Å². The molecule has 2 fully saturated rings. The van der Waals surface area contributed by atoms with Gasteiger partial charge in [0, 0.05) is 44.7 Å². The molecule has 0 bridgehead atoms. The first-order valence-electron chi connectivity index (χ1n) is 8.02. The number of sulfonamides is 1. The number of hydrogen-bond acceptors (Lipinski definition) is 6. The van der Waals surface area contributed by atoms with Crippen molar-refractivity contribution in [3.63, 3.8) is 0 Å². The van der Waals surface area contributed by atoms with E-state index in [9.17, 15) is 13.2 Å². The fraction of sp³-hybridized carbons (Fsp3) is 0.733. The van der Waals surface area contributed by atoms with E-state index in [1.54, 1.807) is 11.9 Å². The first-order chi connectivity index (χ1) is 11.5. The third-order valence-electron chi connectivity index (χ3n) is 4.36. The van der Waals surface area contributed by atoms with E-state index < -0.39 is 15.6 Å². The van der Waals surface area contributed by atoms with Crippen LogP contribution in [0.1, 0.15) is 20.8 Å². The van der Waals surface area contributed by atoms with Gasteiger partial charge < -0.3 is 14.4 Å². The second-order valence-corrected chi connectivity index (χ2v) is 9.64. The standard InChI is InChI=1S/C15H24N4O5S/c1-14(2,3)24-13(20)18-7-15(8-18)9-19(10-15)25(21,22)12-6-11(23-5)16-17(12)4/h6H,7-10H2,1-5H3. The minimum absolute atomic E-state index is 0.0996. The van der Waals surface area contributed by atoms with Gasteiger partial charge in [0.2, 0.25) is 5.88 Å². The molecule has 0 aliphatic carbocycles. The third kappa shape index (κ3) is 3.20. The zero-order valence-corrected chi connectivity index (χ0v) is 16.0. The van der Waals surface area contributed by atoms with Crippen LogP contribution in [0.4, 0.5) is 4.79 Å². The number of rotatable bonds is 3. The number of methoxy groups -OCH3 is 1. The zero-order chi connectivity index (χ0) is 18.6. The molecular weight excluding hydrogens is 348 g/mol. The van der Waals surface area contributed by atoms with Gasteiger partial charge in [-0.15, -0.1) is 5.10 Å². The summed E-state index contributed by atoms with van der Waals surface area (Å²) in [6.07, 6.45) is -0.351. The molecule has 1 spiro atoms. The van der Waals surface area contributed by atoms with Crippen molar-refractivity contribution in [3.8, 4) is 5.88 Å². The molecule has 2 aliphatic heterocycles. The topological polar surface area (TPSA) is 94.0 Å². The van der Waals surface area contributed by atoms with Gasteiger partial charge in [-0.3, -0.25) is 4.68 Å². The lowest BCUT2D eigenvalue weighted by Gasteiger charge is -2.58. The molecule has 2 aliphatic rings. The molecule has 1 aromatic rings. The van der Waals surface area contributed by atoms with Gasteiger partial charge in [0.05, 0.1) is 7.11 Å². The highest BCUT2D eigenvalue weighted by Crippen LogP contribution is 2.42. The Hall–Kier alpha value is -1.81. The SMILES string of the molecule is COc1cc(S(=O)(=O)N2CC3(CN(C(=O)OC(C)(C)C)C3)C2)n(C)n1. The van der Waals surface area contributed by atoms with Crippen LogP contribution in [0.5, 0.6) is 5.88 Å². The number of likely N-dealkylation sites (tertiary alicyclic amines) is 1. The Morgan fingerprint density at radius 3 is 2.32 bits per heavy atom. The number of aromatic nitrogens is 2. The molecular formula is C15H24N4O5S. The highest BCUT2D eigenvalue weighted by molar-refractivity contribution is 7.89. The number of hydrogen-bond donors (Lipinski definition) is 0. The predicted octanol–water partition coefficient (Wildman–Crippen LogP) is 0.670. The van der Waals surface area contributed by atoms with E-state index in [0.29, 0.717) is 26.2 Å². The Morgan fingerprint density at radius 1 is 1.24 bits per heavy atom. The minimum Gasteiger partial charge on any atom is -0.480 e. The van der Waals surface area contributed by atoms with E-state index in [4.69, 9.17) is 9.47 Å². The Bertz CT molecular complexity index is 781. The summed E-state index contributed by atoms with van der Waals surface area (Å²) in [5.41, 5.74) is -0.694.